The van der Waals surface area contributed by atoms with Gasteiger partial charge < -0.3 is 14.6 Å². The number of hydrogen-bond donors (Lipinski definition) is 1. The summed E-state index contributed by atoms with van der Waals surface area (Å²) in [6, 6.07) is 6.17. The van der Waals surface area contributed by atoms with Crippen molar-refractivity contribution in [1.82, 2.24) is 20.4 Å². The van der Waals surface area contributed by atoms with Crippen LogP contribution in [0.15, 0.2) is 28.8 Å². The van der Waals surface area contributed by atoms with Crippen LogP contribution >= 0.6 is 0 Å². The van der Waals surface area contributed by atoms with Crippen molar-refractivity contribution in [1.29, 1.82) is 0 Å². The maximum atomic E-state index is 13.0. The third-order valence-corrected chi connectivity index (χ3v) is 4.93. The van der Waals surface area contributed by atoms with E-state index in [1.165, 1.54) is 12.1 Å². The van der Waals surface area contributed by atoms with E-state index in [4.69, 9.17) is 9.26 Å². The Morgan fingerprint density at radius 1 is 1.25 bits per heavy atom. The quantitative estimate of drug-likeness (QED) is 0.745. The SMILES string of the molecule is CC(C)C(CNC(=O)CCc1nc(-c2ccc(F)cc2)no1)N1CCOCC1. The second-order valence-electron chi connectivity index (χ2n) is 7.28. The lowest BCUT2D eigenvalue weighted by molar-refractivity contribution is -0.121. The van der Waals surface area contributed by atoms with E-state index in [0.717, 1.165) is 26.3 Å². The van der Waals surface area contributed by atoms with Gasteiger partial charge in [0.2, 0.25) is 17.6 Å². The minimum absolute atomic E-state index is 0.0413. The molecule has 0 radical (unpaired) electrons. The van der Waals surface area contributed by atoms with E-state index in [1.807, 2.05) is 0 Å². The Labute approximate surface area is 164 Å². The van der Waals surface area contributed by atoms with Crippen molar-refractivity contribution in [3.63, 3.8) is 0 Å². The molecule has 3 rings (SSSR count). The highest BCUT2D eigenvalue weighted by Gasteiger charge is 2.24. The maximum Gasteiger partial charge on any atom is 0.227 e. The number of morpholine rings is 1. The van der Waals surface area contributed by atoms with Crippen LogP contribution in [0.25, 0.3) is 11.4 Å². The number of carbonyl (C=O) groups excluding carboxylic acids is 1. The third kappa shape index (κ3) is 5.59. The van der Waals surface area contributed by atoms with Gasteiger partial charge >= 0.3 is 0 Å². The molecular formula is C20H27FN4O3. The van der Waals surface area contributed by atoms with Crippen LogP contribution in [0.1, 0.15) is 26.2 Å². The normalized spacial score (nSPS) is 16.3. The molecule has 0 aliphatic carbocycles. The van der Waals surface area contributed by atoms with Gasteiger partial charge in [0.05, 0.1) is 13.2 Å². The smallest absolute Gasteiger partial charge is 0.227 e. The van der Waals surface area contributed by atoms with Crippen LogP contribution in [-0.2, 0) is 16.0 Å². The fourth-order valence-corrected chi connectivity index (χ4v) is 3.30. The summed E-state index contributed by atoms with van der Waals surface area (Å²) in [6.45, 7) is 8.22. The van der Waals surface area contributed by atoms with E-state index in [1.54, 1.807) is 12.1 Å². The number of hydrogen-bond acceptors (Lipinski definition) is 6. The molecule has 7 nitrogen and oxygen atoms in total. The van der Waals surface area contributed by atoms with Crippen LogP contribution < -0.4 is 5.32 Å². The van der Waals surface area contributed by atoms with Crippen molar-refractivity contribution in [3.05, 3.63) is 36.0 Å². The molecule has 1 N–H and O–H groups in total. The Balaban J connectivity index is 1.46. The summed E-state index contributed by atoms with van der Waals surface area (Å²) in [4.78, 5) is 18.9. The second kappa shape index (κ2) is 9.75. The first-order valence-corrected chi connectivity index (χ1v) is 9.70. The van der Waals surface area contributed by atoms with Crippen LogP contribution in [0.4, 0.5) is 4.39 Å². The van der Waals surface area contributed by atoms with Gasteiger partial charge in [0.1, 0.15) is 5.82 Å². The Morgan fingerprint density at radius 2 is 1.96 bits per heavy atom. The summed E-state index contributed by atoms with van der Waals surface area (Å²) in [7, 11) is 0. The maximum absolute atomic E-state index is 13.0. The molecule has 0 saturated carbocycles. The lowest BCUT2D eigenvalue weighted by Gasteiger charge is -2.36. The zero-order valence-electron chi connectivity index (χ0n) is 16.4. The van der Waals surface area contributed by atoms with Crippen LogP contribution in [0.3, 0.4) is 0 Å². The summed E-state index contributed by atoms with van der Waals surface area (Å²) >= 11 is 0. The van der Waals surface area contributed by atoms with Crippen molar-refractivity contribution in [3.8, 4) is 11.4 Å². The molecule has 1 saturated heterocycles. The largest absolute Gasteiger partial charge is 0.379 e. The number of nitrogens with one attached hydrogen (secondary N) is 1. The first-order valence-electron chi connectivity index (χ1n) is 9.70. The molecule has 1 atom stereocenters. The van der Waals surface area contributed by atoms with Crippen molar-refractivity contribution >= 4 is 5.91 Å². The molecule has 2 aromatic rings. The molecule has 2 heterocycles. The molecule has 1 aliphatic heterocycles. The van der Waals surface area contributed by atoms with Crippen LogP contribution in [0.5, 0.6) is 0 Å². The molecule has 1 amide bonds. The zero-order valence-corrected chi connectivity index (χ0v) is 16.4. The van der Waals surface area contributed by atoms with Gasteiger partial charge in [-0.05, 0) is 30.2 Å². The molecule has 1 fully saturated rings. The number of aromatic nitrogens is 2. The van der Waals surface area contributed by atoms with E-state index in [9.17, 15) is 9.18 Å². The highest BCUT2D eigenvalue weighted by molar-refractivity contribution is 5.76. The predicted molar refractivity (Wildman–Crippen MR) is 102 cm³/mol. The van der Waals surface area contributed by atoms with Gasteiger partial charge in [-0.2, -0.15) is 4.98 Å². The summed E-state index contributed by atoms with van der Waals surface area (Å²) in [6.07, 6.45) is 0.642. The van der Waals surface area contributed by atoms with Gasteiger partial charge in [0.25, 0.3) is 0 Å². The fraction of sp³-hybridized carbons (Fsp3) is 0.550. The Morgan fingerprint density at radius 3 is 2.64 bits per heavy atom. The Bertz CT molecular complexity index is 757. The summed E-state index contributed by atoms with van der Waals surface area (Å²) in [5, 5.41) is 6.92. The van der Waals surface area contributed by atoms with Crippen LogP contribution in [0, 0.1) is 11.7 Å². The number of amides is 1. The molecule has 0 spiro atoms. The second-order valence-corrected chi connectivity index (χ2v) is 7.28. The van der Waals surface area contributed by atoms with E-state index in [2.05, 4.69) is 34.2 Å². The molecular weight excluding hydrogens is 363 g/mol. The lowest BCUT2D eigenvalue weighted by atomic mass is 10.0. The first kappa shape index (κ1) is 20.4. The topological polar surface area (TPSA) is 80.5 Å². The minimum Gasteiger partial charge on any atom is -0.379 e. The lowest BCUT2D eigenvalue weighted by Crippen LogP contribution is -2.51. The number of benzene rings is 1. The number of halogens is 1. The average molecular weight is 390 g/mol. The van der Waals surface area contributed by atoms with Crippen LogP contribution in [0.2, 0.25) is 0 Å². The van der Waals surface area contributed by atoms with E-state index in [0.29, 0.717) is 42.2 Å². The van der Waals surface area contributed by atoms with Crippen molar-refractivity contribution in [2.75, 3.05) is 32.8 Å². The van der Waals surface area contributed by atoms with E-state index < -0.39 is 0 Å². The highest BCUT2D eigenvalue weighted by atomic mass is 19.1. The standard InChI is InChI=1S/C20H27FN4O3/c1-14(2)17(25-9-11-27-12-10-25)13-22-18(26)7-8-19-23-20(24-28-19)15-3-5-16(21)6-4-15/h3-6,14,17H,7-13H2,1-2H3,(H,22,26). The van der Waals surface area contributed by atoms with Gasteiger partial charge in [0, 0.05) is 44.1 Å². The molecule has 1 aromatic heterocycles. The molecule has 1 unspecified atom stereocenters. The number of ether oxygens (including phenoxy) is 1. The molecule has 1 aliphatic rings. The van der Waals surface area contributed by atoms with Gasteiger partial charge in [-0.25, -0.2) is 4.39 Å². The number of carbonyl (C=O) groups is 1. The molecule has 28 heavy (non-hydrogen) atoms. The molecule has 8 heteroatoms. The number of rotatable bonds is 8. The predicted octanol–water partition coefficient (Wildman–Crippen LogP) is 2.28. The Kier molecular flexibility index (Phi) is 7.11. The van der Waals surface area contributed by atoms with Crippen LogP contribution in [-0.4, -0.2) is 59.8 Å². The van der Waals surface area contributed by atoms with Gasteiger partial charge in [-0.15, -0.1) is 0 Å². The highest BCUT2D eigenvalue weighted by Crippen LogP contribution is 2.17. The summed E-state index contributed by atoms with van der Waals surface area (Å²) in [5.41, 5.74) is 0.672. The van der Waals surface area contributed by atoms with Crippen molar-refractivity contribution in [2.24, 2.45) is 5.92 Å². The fourth-order valence-electron chi connectivity index (χ4n) is 3.30. The third-order valence-electron chi connectivity index (χ3n) is 4.93. The van der Waals surface area contributed by atoms with Crippen molar-refractivity contribution < 1.29 is 18.4 Å². The molecule has 1 aromatic carbocycles. The summed E-state index contributed by atoms with van der Waals surface area (Å²) in [5.74, 6) is 0.861. The first-order chi connectivity index (χ1) is 13.5. The van der Waals surface area contributed by atoms with Gasteiger partial charge in [-0.1, -0.05) is 19.0 Å². The van der Waals surface area contributed by atoms with E-state index >= 15 is 0 Å². The number of nitrogens with zero attached hydrogens (tertiary/aromatic N) is 3. The minimum atomic E-state index is -0.319. The van der Waals surface area contributed by atoms with Crippen molar-refractivity contribution in [2.45, 2.75) is 32.7 Å². The van der Waals surface area contributed by atoms with E-state index in [-0.39, 0.29) is 18.1 Å². The molecule has 0 bridgehead atoms. The summed E-state index contributed by atoms with van der Waals surface area (Å²) < 4.78 is 23.6. The monoisotopic (exact) mass is 390 g/mol. The van der Waals surface area contributed by atoms with Gasteiger partial charge in [0.15, 0.2) is 0 Å². The average Bonchev–Trinajstić information content (AvgIpc) is 3.17. The Hall–Kier alpha value is -2.32. The number of aryl methyl sites for hydroxylation is 1. The zero-order chi connectivity index (χ0) is 19.9. The molecule has 152 valence electrons. The van der Waals surface area contributed by atoms with Gasteiger partial charge in [-0.3, -0.25) is 9.69 Å².